The summed E-state index contributed by atoms with van der Waals surface area (Å²) in [5.74, 6) is -3.50. The van der Waals surface area contributed by atoms with Gasteiger partial charge in [0.25, 0.3) is 0 Å². The van der Waals surface area contributed by atoms with Crippen molar-refractivity contribution in [1.82, 2.24) is 10.6 Å². The minimum absolute atomic E-state index is 0.109. The lowest BCUT2D eigenvalue weighted by Gasteiger charge is -2.37. The van der Waals surface area contributed by atoms with Crippen LogP contribution in [0.3, 0.4) is 0 Å². The molecule has 1 aromatic rings. The first-order chi connectivity index (χ1) is 14.5. The Balaban J connectivity index is 1.65. The Morgan fingerprint density at radius 3 is 2.45 bits per heavy atom. The van der Waals surface area contributed by atoms with E-state index in [9.17, 15) is 27.9 Å². The molecule has 3 N–H and O–H groups in total. The van der Waals surface area contributed by atoms with Crippen molar-refractivity contribution in [3.05, 3.63) is 34.4 Å². The average Bonchev–Trinajstić information content (AvgIpc) is 3.34. The topological polar surface area (TPSA) is 78.4 Å². The Kier molecular flexibility index (Phi) is 5.75. The molecule has 5 nitrogen and oxygen atoms in total. The SMILES string of the molecule is CC(=O)N[C@H]1C[C@@H](O)[C@H](C(=O)N[C@H](c2c(F)ccc(Cl)c2F)C23CCC(F)(CC2)C3)C1. The second-order valence-electron chi connectivity index (χ2n) is 9.43. The van der Waals surface area contributed by atoms with E-state index in [1.807, 2.05) is 0 Å². The molecule has 3 aliphatic carbocycles. The van der Waals surface area contributed by atoms with Gasteiger partial charge in [0.1, 0.15) is 17.3 Å². The third kappa shape index (κ3) is 4.04. The predicted octanol–water partition coefficient (Wildman–Crippen LogP) is 3.72. The van der Waals surface area contributed by atoms with E-state index in [4.69, 9.17) is 11.6 Å². The third-order valence-corrected chi connectivity index (χ3v) is 7.64. The molecular formula is C22H26ClF3N2O3. The molecule has 0 unspecified atom stereocenters. The number of aliphatic hydroxyl groups is 1. The van der Waals surface area contributed by atoms with Gasteiger partial charge in [-0.2, -0.15) is 0 Å². The molecule has 3 saturated carbocycles. The van der Waals surface area contributed by atoms with E-state index in [-0.39, 0.29) is 54.6 Å². The van der Waals surface area contributed by atoms with Crippen LogP contribution in [0.2, 0.25) is 5.02 Å². The molecule has 31 heavy (non-hydrogen) atoms. The molecule has 0 aliphatic heterocycles. The second-order valence-corrected chi connectivity index (χ2v) is 9.84. The molecule has 0 radical (unpaired) electrons. The summed E-state index contributed by atoms with van der Waals surface area (Å²) in [6.45, 7) is 1.35. The van der Waals surface area contributed by atoms with Crippen molar-refractivity contribution >= 4 is 23.4 Å². The van der Waals surface area contributed by atoms with Gasteiger partial charge in [0, 0.05) is 18.5 Å². The van der Waals surface area contributed by atoms with Crippen LogP contribution in [0.1, 0.15) is 63.5 Å². The van der Waals surface area contributed by atoms with E-state index >= 15 is 0 Å². The fraction of sp³-hybridized carbons (Fsp3) is 0.636. The molecular weight excluding hydrogens is 433 g/mol. The van der Waals surface area contributed by atoms with Gasteiger partial charge in [-0.25, -0.2) is 13.2 Å². The number of amides is 2. The number of benzene rings is 1. The van der Waals surface area contributed by atoms with Gasteiger partial charge in [0.2, 0.25) is 11.8 Å². The Morgan fingerprint density at radius 1 is 1.19 bits per heavy atom. The van der Waals surface area contributed by atoms with Crippen molar-refractivity contribution in [2.75, 3.05) is 0 Å². The first-order valence-corrected chi connectivity index (χ1v) is 11.0. The molecule has 9 heteroatoms. The number of carbonyl (C=O) groups is 2. The van der Waals surface area contributed by atoms with Crippen molar-refractivity contribution in [2.24, 2.45) is 11.3 Å². The van der Waals surface area contributed by atoms with Gasteiger partial charge in [-0.05, 0) is 62.5 Å². The van der Waals surface area contributed by atoms with Gasteiger partial charge in [0.15, 0.2) is 0 Å². The summed E-state index contributed by atoms with van der Waals surface area (Å²) in [5.41, 5.74) is -2.58. The molecule has 2 amide bonds. The number of hydrogen-bond donors (Lipinski definition) is 3. The zero-order valence-electron chi connectivity index (χ0n) is 17.2. The summed E-state index contributed by atoms with van der Waals surface area (Å²) in [6.07, 6.45) is 0.860. The van der Waals surface area contributed by atoms with Gasteiger partial charge in [-0.15, -0.1) is 0 Å². The highest BCUT2D eigenvalue weighted by Gasteiger charge is 2.59. The summed E-state index contributed by atoms with van der Waals surface area (Å²) in [7, 11) is 0. The molecule has 0 heterocycles. The zero-order valence-corrected chi connectivity index (χ0v) is 17.9. The van der Waals surface area contributed by atoms with E-state index in [0.29, 0.717) is 12.8 Å². The average molecular weight is 459 g/mol. The first kappa shape index (κ1) is 22.4. The fourth-order valence-electron chi connectivity index (χ4n) is 5.86. The number of halogens is 4. The lowest BCUT2D eigenvalue weighted by molar-refractivity contribution is -0.129. The molecule has 1 aromatic carbocycles. The molecule has 4 atom stereocenters. The maximum Gasteiger partial charge on any atom is 0.226 e. The maximum atomic E-state index is 15.0. The minimum Gasteiger partial charge on any atom is -0.392 e. The van der Waals surface area contributed by atoms with Gasteiger partial charge in [-0.3, -0.25) is 9.59 Å². The van der Waals surface area contributed by atoms with Crippen LogP contribution in [0.4, 0.5) is 13.2 Å². The summed E-state index contributed by atoms with van der Waals surface area (Å²) >= 11 is 5.91. The third-order valence-electron chi connectivity index (χ3n) is 7.35. The van der Waals surface area contributed by atoms with Crippen LogP contribution in [0.15, 0.2) is 12.1 Å². The van der Waals surface area contributed by atoms with Crippen molar-refractivity contribution in [1.29, 1.82) is 0 Å². The molecule has 0 saturated heterocycles. The quantitative estimate of drug-likeness (QED) is 0.588. The van der Waals surface area contributed by atoms with Crippen molar-refractivity contribution in [3.8, 4) is 0 Å². The van der Waals surface area contributed by atoms with E-state index in [2.05, 4.69) is 10.6 Å². The van der Waals surface area contributed by atoms with Crippen molar-refractivity contribution in [3.63, 3.8) is 0 Å². The largest absolute Gasteiger partial charge is 0.392 e. The number of hydrogen-bond acceptors (Lipinski definition) is 3. The summed E-state index contributed by atoms with van der Waals surface area (Å²) in [5, 5.41) is 15.5. The Bertz CT molecular complexity index is 904. The highest BCUT2D eigenvalue weighted by Crippen LogP contribution is 2.63. The van der Waals surface area contributed by atoms with Crippen LogP contribution in [-0.4, -0.2) is 34.7 Å². The summed E-state index contributed by atoms with van der Waals surface area (Å²) in [6, 6.07) is 0.676. The zero-order chi connectivity index (χ0) is 22.6. The number of aliphatic hydroxyl groups excluding tert-OH is 1. The highest BCUT2D eigenvalue weighted by molar-refractivity contribution is 6.30. The highest BCUT2D eigenvalue weighted by atomic mass is 35.5. The molecule has 170 valence electrons. The van der Waals surface area contributed by atoms with Crippen molar-refractivity contribution in [2.45, 2.75) is 75.7 Å². The first-order valence-electron chi connectivity index (χ1n) is 10.6. The molecule has 0 aromatic heterocycles. The molecule has 3 fully saturated rings. The van der Waals surface area contributed by atoms with Gasteiger partial charge in [-0.1, -0.05) is 11.6 Å². The Hall–Kier alpha value is -1.80. The van der Waals surface area contributed by atoms with E-state index in [1.165, 1.54) is 6.92 Å². The number of alkyl halides is 1. The van der Waals surface area contributed by atoms with E-state index in [1.54, 1.807) is 0 Å². The predicted molar refractivity (Wildman–Crippen MR) is 108 cm³/mol. The number of rotatable bonds is 5. The van der Waals surface area contributed by atoms with Crippen molar-refractivity contribution < 1.29 is 27.9 Å². The van der Waals surface area contributed by atoms with Crippen LogP contribution < -0.4 is 10.6 Å². The van der Waals surface area contributed by atoms with Crippen LogP contribution in [0, 0.1) is 23.0 Å². The van der Waals surface area contributed by atoms with E-state index in [0.717, 1.165) is 12.1 Å². The maximum absolute atomic E-state index is 15.0. The van der Waals surface area contributed by atoms with Crippen LogP contribution >= 0.6 is 11.6 Å². The molecule has 0 spiro atoms. The van der Waals surface area contributed by atoms with Gasteiger partial charge in [0.05, 0.1) is 23.1 Å². The summed E-state index contributed by atoms with van der Waals surface area (Å²) < 4.78 is 44.7. The molecule has 3 aliphatic rings. The van der Waals surface area contributed by atoms with Crippen LogP contribution in [0.5, 0.6) is 0 Å². The fourth-order valence-corrected chi connectivity index (χ4v) is 6.03. The number of fused-ring (bicyclic) bond motifs is 2. The Morgan fingerprint density at radius 2 is 1.87 bits per heavy atom. The van der Waals surface area contributed by atoms with Crippen LogP contribution in [-0.2, 0) is 9.59 Å². The summed E-state index contributed by atoms with van der Waals surface area (Å²) in [4.78, 5) is 24.4. The minimum atomic E-state index is -1.39. The second kappa shape index (κ2) is 7.96. The molecule has 2 bridgehead atoms. The van der Waals surface area contributed by atoms with Gasteiger partial charge >= 0.3 is 0 Å². The standard InChI is InChI=1S/C22H26ClF3N2O3/c1-11(29)27-12-8-13(16(30)9-12)20(31)28-19(17-15(24)3-2-14(23)18(17)25)21-4-6-22(26,10-21)7-5-21/h2-3,12-13,16,19,30H,4-10H2,1H3,(H,27,29)(H,28,31)/t12-,13-,16-,19-,21?,22?/m1/s1. The van der Waals surface area contributed by atoms with Crippen LogP contribution in [0.25, 0.3) is 0 Å². The lowest BCUT2D eigenvalue weighted by Crippen LogP contribution is -2.44. The van der Waals surface area contributed by atoms with E-state index < -0.39 is 46.7 Å². The molecule has 4 rings (SSSR count). The Labute approximate surface area is 183 Å². The van der Waals surface area contributed by atoms with Gasteiger partial charge < -0.3 is 15.7 Å². The number of carbonyl (C=O) groups excluding carboxylic acids is 2. The monoisotopic (exact) mass is 458 g/mol. The normalized spacial score (nSPS) is 35.2. The lowest BCUT2D eigenvalue weighted by atomic mass is 9.74. The number of nitrogens with one attached hydrogen (secondary N) is 2. The smallest absolute Gasteiger partial charge is 0.226 e.